The van der Waals surface area contributed by atoms with E-state index in [1.807, 2.05) is 11.9 Å². The van der Waals surface area contributed by atoms with Crippen LogP contribution in [0.3, 0.4) is 0 Å². The Labute approximate surface area is 138 Å². The number of aliphatic hydroxyl groups is 1. The van der Waals surface area contributed by atoms with Crippen molar-refractivity contribution >= 4 is 35.8 Å². The van der Waals surface area contributed by atoms with Crippen LogP contribution in [-0.4, -0.2) is 66.6 Å². The molecule has 7 heteroatoms. The number of aliphatic hydroxyl groups excluding tert-OH is 1. The summed E-state index contributed by atoms with van der Waals surface area (Å²) in [5.41, 5.74) is 0.343. The predicted octanol–water partition coefficient (Wildman–Crippen LogP) is -0.254. The molecule has 1 fully saturated rings. The molecule has 1 aromatic carbocycles. The fourth-order valence-corrected chi connectivity index (χ4v) is 3.88. The normalized spacial score (nSPS) is 21.7. The van der Waals surface area contributed by atoms with Crippen LogP contribution in [0.1, 0.15) is 17.9 Å². The van der Waals surface area contributed by atoms with Crippen molar-refractivity contribution in [3.8, 4) is 11.5 Å². The maximum absolute atomic E-state index is 12.3. The van der Waals surface area contributed by atoms with Gasteiger partial charge < -0.3 is 0 Å². The first kappa shape index (κ1) is 16.2. The first-order valence-corrected chi connectivity index (χ1v) is 8.83. The van der Waals surface area contributed by atoms with Crippen molar-refractivity contribution in [3.63, 3.8) is 0 Å². The average molecular weight is 331 g/mol. The molecule has 2 heterocycles. The van der Waals surface area contributed by atoms with Gasteiger partial charge in [0.05, 0.1) is 0 Å². The first-order valence-electron chi connectivity index (χ1n) is 7.44. The van der Waals surface area contributed by atoms with Crippen LogP contribution in [0.4, 0.5) is 0 Å². The number of rotatable bonds is 3. The van der Waals surface area contributed by atoms with Crippen molar-refractivity contribution in [3.05, 3.63) is 27.9 Å². The summed E-state index contributed by atoms with van der Waals surface area (Å²) in [6.07, 6.45) is 0.723. The summed E-state index contributed by atoms with van der Waals surface area (Å²) < 4.78 is 6.25. The van der Waals surface area contributed by atoms with Crippen LogP contribution in [0.15, 0.2) is 21.3 Å². The summed E-state index contributed by atoms with van der Waals surface area (Å²) in [6, 6.07) is 2.35. The number of hydrogen-bond donors (Lipinski definition) is 3. The van der Waals surface area contributed by atoms with Gasteiger partial charge in [0.1, 0.15) is 0 Å². The number of phenolic OH excluding ortho intramolecular Hbond substituents is 2. The van der Waals surface area contributed by atoms with Gasteiger partial charge in [-0.05, 0) is 0 Å². The minimum atomic E-state index is -0.455. The van der Waals surface area contributed by atoms with Gasteiger partial charge in [0, 0.05) is 0 Å². The molecular formula is C16H18AlNO5. The number of phenols is 2. The summed E-state index contributed by atoms with van der Waals surface area (Å²) in [5, 5.41) is 34.0. The summed E-state index contributed by atoms with van der Waals surface area (Å²) >= 11 is -0.455. The van der Waals surface area contributed by atoms with E-state index in [4.69, 9.17) is 4.42 Å². The number of nitrogens with zero attached hydrogens (tertiary/aromatic N) is 1. The Morgan fingerprint density at radius 1 is 1.39 bits per heavy atom. The molecule has 3 rings (SSSR count). The van der Waals surface area contributed by atoms with Gasteiger partial charge in [0.25, 0.3) is 0 Å². The Kier molecular flexibility index (Phi) is 4.30. The monoisotopic (exact) mass is 331 g/mol. The quantitative estimate of drug-likeness (QED) is 0.671. The van der Waals surface area contributed by atoms with E-state index in [0.29, 0.717) is 10.2 Å². The van der Waals surface area contributed by atoms with Gasteiger partial charge in [-0.3, -0.25) is 0 Å². The van der Waals surface area contributed by atoms with Gasteiger partial charge in [0.2, 0.25) is 0 Å². The van der Waals surface area contributed by atoms with E-state index < -0.39 is 14.8 Å². The van der Waals surface area contributed by atoms with E-state index in [1.165, 1.54) is 12.1 Å². The van der Waals surface area contributed by atoms with Gasteiger partial charge in [0.15, 0.2) is 0 Å². The minimum absolute atomic E-state index is 0.0620. The van der Waals surface area contributed by atoms with Crippen LogP contribution >= 0.6 is 0 Å². The predicted molar refractivity (Wildman–Crippen MR) is 89.2 cm³/mol. The first-order chi connectivity index (χ1) is 11.0. The second kappa shape index (κ2) is 6.10. The Morgan fingerprint density at radius 3 is 2.78 bits per heavy atom. The molecule has 1 aromatic heterocycles. The van der Waals surface area contributed by atoms with E-state index >= 15 is 0 Å². The van der Waals surface area contributed by atoms with Gasteiger partial charge in [-0.25, -0.2) is 0 Å². The van der Waals surface area contributed by atoms with Gasteiger partial charge in [-0.1, -0.05) is 0 Å². The van der Waals surface area contributed by atoms with Crippen molar-refractivity contribution in [2.45, 2.75) is 18.4 Å². The van der Waals surface area contributed by atoms with E-state index in [0.717, 1.165) is 13.0 Å². The zero-order chi connectivity index (χ0) is 16.7. The van der Waals surface area contributed by atoms with Gasteiger partial charge in [-0.2, -0.15) is 0 Å². The fraction of sp³-hybridized carbons (Fsp3) is 0.375. The SMILES string of the molecule is [CH2]=[Al][c]1cc(=O)c2c(O)cc(O)c(C3CCN(C)C3CO)c2o1. The number of likely N-dealkylation sites (N-methyl/N-ethyl adjacent to an activating group) is 1. The van der Waals surface area contributed by atoms with Gasteiger partial charge in [-0.15, -0.1) is 0 Å². The number of benzene rings is 1. The third kappa shape index (κ3) is 2.60. The Hall–Kier alpha value is -1.65. The van der Waals surface area contributed by atoms with Crippen LogP contribution in [-0.2, 0) is 0 Å². The van der Waals surface area contributed by atoms with Crippen LogP contribution < -0.4 is 10.1 Å². The number of likely N-dealkylation sites (tertiary alicyclic amines) is 1. The molecule has 6 nitrogen and oxygen atoms in total. The third-order valence-electron chi connectivity index (χ3n) is 4.60. The van der Waals surface area contributed by atoms with Crippen molar-refractivity contribution < 1.29 is 19.7 Å². The number of hydrogen-bond acceptors (Lipinski definition) is 6. The fourth-order valence-electron chi connectivity index (χ4n) is 3.41. The van der Waals surface area contributed by atoms with Crippen molar-refractivity contribution in [1.82, 2.24) is 4.90 Å². The molecule has 0 radical (unpaired) electrons. The van der Waals surface area contributed by atoms with E-state index in [2.05, 4.69) is 5.39 Å². The molecule has 120 valence electrons. The molecule has 0 bridgehead atoms. The summed E-state index contributed by atoms with van der Waals surface area (Å²) in [5.74, 6) is -0.591. The molecule has 2 unspecified atom stereocenters. The Morgan fingerprint density at radius 2 is 2.13 bits per heavy atom. The molecule has 0 spiro atoms. The number of aromatic hydroxyl groups is 2. The molecule has 0 aliphatic carbocycles. The molecular weight excluding hydrogens is 313 g/mol. The van der Waals surface area contributed by atoms with E-state index in [1.54, 1.807) is 0 Å². The van der Waals surface area contributed by atoms with Crippen molar-refractivity contribution in [2.24, 2.45) is 0 Å². The molecule has 0 amide bonds. The molecule has 3 N–H and O–H groups in total. The van der Waals surface area contributed by atoms with Crippen molar-refractivity contribution in [2.75, 3.05) is 20.2 Å². The molecule has 1 saturated heterocycles. The zero-order valence-corrected chi connectivity index (χ0v) is 14.0. The van der Waals surface area contributed by atoms with Crippen molar-refractivity contribution in [1.29, 1.82) is 0 Å². The molecule has 2 aromatic rings. The molecule has 0 saturated carbocycles. The standard InChI is InChI=1S/C15H16NO5.CH2.Al/c1-16-4-2-8(9(16)7-17)13-11(19)6-12(20)14-10(18)3-5-21-15(13)14;;/h3,6,8-9,17,19-20H,2,4,7H2,1H3;1H2;. The molecule has 1 aliphatic rings. The van der Waals surface area contributed by atoms with E-state index in [9.17, 15) is 20.1 Å². The Balaban J connectivity index is 2.34. The number of fused-ring (bicyclic) bond motifs is 1. The average Bonchev–Trinajstić information content (AvgIpc) is 2.86. The van der Waals surface area contributed by atoms with Crippen LogP contribution in [0.25, 0.3) is 11.0 Å². The van der Waals surface area contributed by atoms with Crippen LogP contribution in [0.2, 0.25) is 0 Å². The Bertz CT molecular complexity index is 831. The molecule has 1 aliphatic heterocycles. The summed E-state index contributed by atoms with van der Waals surface area (Å²) in [6.45, 7) is 0.704. The third-order valence-corrected chi connectivity index (χ3v) is 5.29. The van der Waals surface area contributed by atoms with Crippen LogP contribution in [0.5, 0.6) is 11.5 Å². The van der Waals surface area contributed by atoms with E-state index in [-0.39, 0.29) is 46.5 Å². The molecule has 23 heavy (non-hydrogen) atoms. The zero-order valence-electron chi connectivity index (χ0n) is 12.8. The second-order valence-corrected chi connectivity index (χ2v) is 6.85. The summed E-state index contributed by atoms with van der Waals surface area (Å²) in [4.78, 5) is 14.3. The summed E-state index contributed by atoms with van der Waals surface area (Å²) in [7, 11) is 1.91. The second-order valence-electron chi connectivity index (χ2n) is 5.88. The van der Waals surface area contributed by atoms with Gasteiger partial charge >= 0.3 is 138 Å². The topological polar surface area (TPSA) is 94.1 Å². The maximum atomic E-state index is 12.3. The van der Waals surface area contributed by atoms with Crippen LogP contribution in [0, 0.1) is 0 Å². The molecule has 2 atom stereocenters.